The van der Waals surface area contributed by atoms with Crippen LogP contribution in [0.1, 0.15) is 27.5 Å². The lowest BCUT2D eigenvalue weighted by molar-refractivity contribution is 0.0952. The van der Waals surface area contributed by atoms with Gasteiger partial charge in [0.15, 0.2) is 11.6 Å². The third-order valence-corrected chi connectivity index (χ3v) is 3.76. The van der Waals surface area contributed by atoms with Gasteiger partial charge in [-0.3, -0.25) is 4.79 Å². The second-order valence-corrected chi connectivity index (χ2v) is 5.35. The Hall–Kier alpha value is -1.95. The van der Waals surface area contributed by atoms with E-state index in [9.17, 15) is 9.18 Å². The maximum absolute atomic E-state index is 13.1. The summed E-state index contributed by atoms with van der Waals surface area (Å²) in [5, 5.41) is 14.8. The summed E-state index contributed by atoms with van der Waals surface area (Å²) in [4.78, 5) is 16.1. The van der Waals surface area contributed by atoms with E-state index in [2.05, 4.69) is 10.3 Å². The fourth-order valence-electron chi connectivity index (χ4n) is 1.71. The van der Waals surface area contributed by atoms with Crippen molar-refractivity contribution in [1.29, 1.82) is 0 Å². The van der Waals surface area contributed by atoms with Crippen LogP contribution < -0.4 is 5.32 Å². The van der Waals surface area contributed by atoms with Crippen molar-refractivity contribution in [1.82, 2.24) is 10.3 Å². The van der Waals surface area contributed by atoms with E-state index in [0.717, 1.165) is 29.6 Å². The van der Waals surface area contributed by atoms with Crippen LogP contribution in [0.2, 0.25) is 0 Å². The lowest BCUT2D eigenvalue weighted by atomic mass is 10.2. The molecule has 1 aromatic carbocycles. The van der Waals surface area contributed by atoms with Crippen molar-refractivity contribution in [2.24, 2.45) is 0 Å². The number of phenolic OH excluding ortho intramolecular Hbond substituents is 1. The number of amides is 1. The summed E-state index contributed by atoms with van der Waals surface area (Å²) in [5.74, 6) is -1.60. The molecule has 1 heterocycles. The Labute approximate surface area is 120 Å². The average Bonchev–Trinajstić information content (AvgIpc) is 2.83. The highest BCUT2D eigenvalue weighted by atomic mass is 32.1. The summed E-state index contributed by atoms with van der Waals surface area (Å²) in [6, 6.07) is 3.58. The van der Waals surface area contributed by atoms with E-state index >= 15 is 0 Å². The highest BCUT2D eigenvalue weighted by molar-refractivity contribution is 7.09. The first kappa shape index (κ1) is 14.5. The van der Waals surface area contributed by atoms with Gasteiger partial charge in [-0.2, -0.15) is 0 Å². The molecule has 0 aliphatic rings. The molecule has 0 aliphatic heterocycles. The molecule has 0 aliphatic carbocycles. The highest BCUT2D eigenvalue weighted by Gasteiger charge is 2.08. The summed E-state index contributed by atoms with van der Waals surface area (Å²) < 4.78 is 13.1. The monoisotopic (exact) mass is 294 g/mol. The second-order valence-electron chi connectivity index (χ2n) is 4.41. The summed E-state index contributed by atoms with van der Waals surface area (Å²) >= 11 is 1.61. The lowest BCUT2D eigenvalue weighted by Crippen LogP contribution is -2.24. The van der Waals surface area contributed by atoms with Gasteiger partial charge in [0, 0.05) is 29.6 Å². The third-order valence-electron chi connectivity index (χ3n) is 2.73. The zero-order valence-electron chi connectivity index (χ0n) is 11.0. The Kier molecular flexibility index (Phi) is 4.68. The first-order valence-corrected chi connectivity index (χ1v) is 7.12. The molecule has 1 aromatic heterocycles. The molecule has 0 unspecified atom stereocenters. The maximum atomic E-state index is 13.1. The quantitative estimate of drug-likeness (QED) is 0.833. The Morgan fingerprint density at radius 2 is 2.30 bits per heavy atom. The smallest absolute Gasteiger partial charge is 0.251 e. The van der Waals surface area contributed by atoms with Crippen LogP contribution >= 0.6 is 11.3 Å². The number of rotatable bonds is 5. The zero-order valence-corrected chi connectivity index (χ0v) is 11.8. The molecule has 0 spiro atoms. The Balaban J connectivity index is 1.78. The predicted octanol–water partition coefficient (Wildman–Crippen LogP) is 2.66. The number of carbonyl (C=O) groups is 1. The van der Waals surface area contributed by atoms with Crippen molar-refractivity contribution in [3.63, 3.8) is 0 Å². The minimum Gasteiger partial charge on any atom is -0.505 e. The first-order valence-electron chi connectivity index (χ1n) is 6.24. The maximum Gasteiger partial charge on any atom is 0.251 e. The molecular weight excluding hydrogens is 279 g/mol. The number of aromatic hydroxyl groups is 1. The number of aromatic nitrogens is 1. The SMILES string of the molecule is Cc1csc(CCCNC(=O)c2ccc(O)c(F)c2)n1. The van der Waals surface area contributed by atoms with E-state index in [4.69, 9.17) is 5.11 Å². The fourth-order valence-corrected chi connectivity index (χ4v) is 2.53. The standard InChI is InChI=1S/C14H15FN2O2S/c1-9-8-20-13(17-9)3-2-6-16-14(19)10-4-5-12(18)11(15)7-10/h4-5,7-8,18H,2-3,6H2,1H3,(H,16,19). The number of thiazole rings is 1. The minimum atomic E-state index is -0.795. The van der Waals surface area contributed by atoms with E-state index in [0.29, 0.717) is 6.54 Å². The largest absolute Gasteiger partial charge is 0.505 e. The molecule has 20 heavy (non-hydrogen) atoms. The Bertz CT molecular complexity index is 613. The van der Waals surface area contributed by atoms with Crippen LogP contribution in [0, 0.1) is 12.7 Å². The van der Waals surface area contributed by atoms with Crippen LogP contribution in [0.25, 0.3) is 0 Å². The van der Waals surface area contributed by atoms with Crippen LogP contribution in [-0.4, -0.2) is 22.5 Å². The van der Waals surface area contributed by atoms with Gasteiger partial charge >= 0.3 is 0 Å². The van der Waals surface area contributed by atoms with Gasteiger partial charge in [-0.05, 0) is 31.5 Å². The molecule has 4 nitrogen and oxygen atoms in total. The average molecular weight is 294 g/mol. The Morgan fingerprint density at radius 1 is 1.50 bits per heavy atom. The van der Waals surface area contributed by atoms with E-state index < -0.39 is 11.6 Å². The summed E-state index contributed by atoms with van der Waals surface area (Å²) in [5.41, 5.74) is 1.21. The number of carbonyl (C=O) groups excluding carboxylic acids is 1. The topological polar surface area (TPSA) is 62.2 Å². The van der Waals surface area contributed by atoms with Crippen molar-refractivity contribution in [3.8, 4) is 5.75 Å². The molecular formula is C14H15FN2O2S. The van der Waals surface area contributed by atoms with Gasteiger partial charge in [-0.15, -0.1) is 11.3 Å². The van der Waals surface area contributed by atoms with Crippen LogP contribution in [0.3, 0.4) is 0 Å². The number of nitrogens with zero attached hydrogens (tertiary/aromatic N) is 1. The first-order chi connectivity index (χ1) is 9.56. The minimum absolute atomic E-state index is 0.199. The molecule has 0 bridgehead atoms. The molecule has 6 heteroatoms. The molecule has 0 fully saturated rings. The van der Waals surface area contributed by atoms with Crippen molar-refractivity contribution in [2.75, 3.05) is 6.54 Å². The Morgan fingerprint density at radius 3 is 2.95 bits per heavy atom. The summed E-state index contributed by atoms with van der Waals surface area (Å²) in [6.45, 7) is 2.45. The number of hydrogen-bond donors (Lipinski definition) is 2. The second kappa shape index (κ2) is 6.47. The molecule has 0 saturated carbocycles. The van der Waals surface area contributed by atoms with E-state index in [1.54, 1.807) is 11.3 Å². The van der Waals surface area contributed by atoms with Crippen LogP contribution in [0.4, 0.5) is 4.39 Å². The van der Waals surface area contributed by atoms with Gasteiger partial charge in [-0.25, -0.2) is 9.37 Å². The third kappa shape index (κ3) is 3.77. The van der Waals surface area contributed by atoms with Crippen molar-refractivity contribution in [3.05, 3.63) is 45.7 Å². The van der Waals surface area contributed by atoms with E-state index in [1.165, 1.54) is 12.1 Å². The number of hydrogen-bond acceptors (Lipinski definition) is 4. The summed E-state index contributed by atoms with van der Waals surface area (Å²) in [6.07, 6.45) is 1.59. The van der Waals surface area contributed by atoms with Crippen molar-refractivity contribution < 1.29 is 14.3 Å². The van der Waals surface area contributed by atoms with Gasteiger partial charge in [-0.1, -0.05) is 0 Å². The summed E-state index contributed by atoms with van der Waals surface area (Å²) in [7, 11) is 0. The highest BCUT2D eigenvalue weighted by Crippen LogP contribution is 2.16. The predicted molar refractivity (Wildman–Crippen MR) is 75.6 cm³/mol. The molecule has 1 amide bonds. The number of nitrogens with one attached hydrogen (secondary N) is 1. The number of aryl methyl sites for hydroxylation is 2. The van der Waals surface area contributed by atoms with E-state index in [1.807, 2.05) is 12.3 Å². The van der Waals surface area contributed by atoms with Crippen LogP contribution in [0.15, 0.2) is 23.6 Å². The normalized spacial score (nSPS) is 10.5. The molecule has 0 atom stereocenters. The van der Waals surface area contributed by atoms with Gasteiger partial charge in [0.25, 0.3) is 5.91 Å². The van der Waals surface area contributed by atoms with Gasteiger partial charge in [0.2, 0.25) is 0 Å². The van der Waals surface area contributed by atoms with Crippen molar-refractivity contribution >= 4 is 17.2 Å². The number of phenols is 1. The molecule has 0 radical (unpaired) electrons. The lowest BCUT2D eigenvalue weighted by Gasteiger charge is -2.05. The molecule has 2 N–H and O–H groups in total. The number of halogens is 1. The number of benzene rings is 1. The zero-order chi connectivity index (χ0) is 14.5. The molecule has 2 aromatic rings. The van der Waals surface area contributed by atoms with Gasteiger partial charge in [0.05, 0.1) is 5.01 Å². The molecule has 0 saturated heterocycles. The van der Waals surface area contributed by atoms with E-state index in [-0.39, 0.29) is 11.5 Å². The van der Waals surface area contributed by atoms with Crippen LogP contribution in [0.5, 0.6) is 5.75 Å². The van der Waals surface area contributed by atoms with Crippen molar-refractivity contribution in [2.45, 2.75) is 19.8 Å². The fraction of sp³-hybridized carbons (Fsp3) is 0.286. The molecule has 106 valence electrons. The van der Waals surface area contributed by atoms with Crippen LogP contribution in [-0.2, 0) is 6.42 Å². The van der Waals surface area contributed by atoms with Gasteiger partial charge in [0.1, 0.15) is 0 Å². The molecule has 2 rings (SSSR count). The van der Waals surface area contributed by atoms with Gasteiger partial charge < -0.3 is 10.4 Å².